The predicted molar refractivity (Wildman–Crippen MR) is 67.8 cm³/mol. The highest BCUT2D eigenvalue weighted by molar-refractivity contribution is 5.97. The quantitative estimate of drug-likeness (QED) is 0.765. The lowest BCUT2D eigenvalue weighted by atomic mass is 10.1. The van der Waals surface area contributed by atoms with Crippen LogP contribution < -0.4 is 0 Å². The molecule has 98 valence electrons. The molecule has 0 aliphatic carbocycles. The predicted octanol–water partition coefficient (Wildman–Crippen LogP) is 0.875. The van der Waals surface area contributed by atoms with Crippen LogP contribution in [0, 0.1) is 0 Å². The summed E-state index contributed by atoms with van der Waals surface area (Å²) in [5.74, 6) is -0.321. The molecular weight excluding hydrogens is 232 g/mol. The molecule has 1 aromatic carbocycles. The standard InChI is InChI=1S/C13H18N2O3/c1-2-14-5-7-15(8-6-14)13(18)11-9-10(16)3-4-12(11)17/h3-4,9,16-17H,2,5-8H2,1H3. The van der Waals surface area contributed by atoms with E-state index in [1.807, 2.05) is 0 Å². The summed E-state index contributed by atoms with van der Waals surface area (Å²) >= 11 is 0. The zero-order chi connectivity index (χ0) is 13.1. The molecule has 0 unspecified atom stereocenters. The Morgan fingerprint density at radius 2 is 1.89 bits per heavy atom. The minimum absolute atomic E-state index is 0.0108. The van der Waals surface area contributed by atoms with Crippen molar-refractivity contribution in [3.63, 3.8) is 0 Å². The van der Waals surface area contributed by atoms with Crippen molar-refractivity contribution in [2.24, 2.45) is 0 Å². The summed E-state index contributed by atoms with van der Waals surface area (Å²) in [7, 11) is 0. The molecule has 0 saturated carbocycles. The van der Waals surface area contributed by atoms with Crippen LogP contribution in [0.15, 0.2) is 18.2 Å². The van der Waals surface area contributed by atoms with Gasteiger partial charge in [-0.3, -0.25) is 4.79 Å². The largest absolute Gasteiger partial charge is 0.508 e. The number of nitrogens with zero attached hydrogens (tertiary/aromatic N) is 2. The summed E-state index contributed by atoms with van der Waals surface area (Å²) < 4.78 is 0. The molecule has 1 aliphatic heterocycles. The third-order valence-corrected chi connectivity index (χ3v) is 3.32. The SMILES string of the molecule is CCN1CCN(C(=O)c2cc(O)ccc2O)CC1. The van der Waals surface area contributed by atoms with E-state index in [9.17, 15) is 15.0 Å². The maximum Gasteiger partial charge on any atom is 0.257 e. The van der Waals surface area contributed by atoms with Gasteiger partial charge in [0.15, 0.2) is 0 Å². The number of phenolic OH excluding ortho intramolecular Hbond substituents is 2. The molecular formula is C13H18N2O3. The summed E-state index contributed by atoms with van der Waals surface area (Å²) in [6, 6.07) is 4.01. The molecule has 0 spiro atoms. The molecule has 2 rings (SSSR count). The van der Waals surface area contributed by atoms with Crippen molar-refractivity contribution in [1.29, 1.82) is 0 Å². The van der Waals surface area contributed by atoms with Crippen molar-refractivity contribution in [2.45, 2.75) is 6.92 Å². The Labute approximate surface area is 106 Å². The summed E-state index contributed by atoms with van der Waals surface area (Å²) in [5.41, 5.74) is 0.167. The molecule has 1 amide bonds. The third kappa shape index (κ3) is 2.56. The van der Waals surface area contributed by atoms with E-state index in [4.69, 9.17) is 0 Å². The van der Waals surface area contributed by atoms with E-state index in [-0.39, 0.29) is 23.0 Å². The number of rotatable bonds is 2. The summed E-state index contributed by atoms with van der Waals surface area (Å²) in [6.45, 7) is 6.09. The highest BCUT2D eigenvalue weighted by Gasteiger charge is 2.23. The van der Waals surface area contributed by atoms with Gasteiger partial charge in [0.2, 0.25) is 0 Å². The van der Waals surface area contributed by atoms with Crippen molar-refractivity contribution >= 4 is 5.91 Å². The second-order valence-corrected chi connectivity index (χ2v) is 4.43. The Bertz CT molecular complexity index is 440. The first-order valence-corrected chi connectivity index (χ1v) is 6.15. The number of phenols is 2. The molecule has 0 aromatic heterocycles. The number of benzene rings is 1. The Morgan fingerprint density at radius 1 is 1.22 bits per heavy atom. The molecule has 5 nitrogen and oxygen atoms in total. The van der Waals surface area contributed by atoms with Crippen LogP contribution in [0.25, 0.3) is 0 Å². The van der Waals surface area contributed by atoms with Gasteiger partial charge >= 0.3 is 0 Å². The van der Waals surface area contributed by atoms with Crippen molar-refractivity contribution in [3.05, 3.63) is 23.8 Å². The van der Waals surface area contributed by atoms with Gasteiger partial charge in [0, 0.05) is 26.2 Å². The van der Waals surface area contributed by atoms with Crippen LogP contribution in [0.1, 0.15) is 17.3 Å². The van der Waals surface area contributed by atoms with Crippen molar-refractivity contribution in [2.75, 3.05) is 32.7 Å². The summed E-state index contributed by atoms with van der Waals surface area (Å²) in [4.78, 5) is 16.2. The molecule has 2 N–H and O–H groups in total. The van der Waals surface area contributed by atoms with E-state index >= 15 is 0 Å². The fourth-order valence-corrected chi connectivity index (χ4v) is 2.13. The molecule has 0 bridgehead atoms. The smallest absolute Gasteiger partial charge is 0.257 e. The third-order valence-electron chi connectivity index (χ3n) is 3.32. The normalized spacial score (nSPS) is 16.8. The van der Waals surface area contributed by atoms with Gasteiger partial charge in [-0.15, -0.1) is 0 Å². The molecule has 5 heteroatoms. The summed E-state index contributed by atoms with van der Waals surface area (Å²) in [6.07, 6.45) is 0. The maximum atomic E-state index is 12.2. The van der Waals surface area contributed by atoms with Crippen molar-refractivity contribution < 1.29 is 15.0 Å². The van der Waals surface area contributed by atoms with E-state index in [2.05, 4.69) is 11.8 Å². The van der Waals surface area contributed by atoms with Crippen LogP contribution >= 0.6 is 0 Å². The lowest BCUT2D eigenvalue weighted by Crippen LogP contribution is -2.48. The topological polar surface area (TPSA) is 64.0 Å². The first-order valence-electron chi connectivity index (χ1n) is 6.15. The van der Waals surface area contributed by atoms with Crippen LogP contribution in [0.3, 0.4) is 0 Å². The van der Waals surface area contributed by atoms with Crippen LogP contribution in [0.5, 0.6) is 11.5 Å². The van der Waals surface area contributed by atoms with E-state index in [0.717, 1.165) is 19.6 Å². The number of amides is 1. The minimum Gasteiger partial charge on any atom is -0.508 e. The monoisotopic (exact) mass is 250 g/mol. The second kappa shape index (κ2) is 5.27. The first-order chi connectivity index (χ1) is 8.61. The van der Waals surface area contributed by atoms with Crippen LogP contribution in [-0.2, 0) is 0 Å². The van der Waals surface area contributed by atoms with Crippen LogP contribution in [0.4, 0.5) is 0 Å². The van der Waals surface area contributed by atoms with Gasteiger partial charge in [-0.05, 0) is 24.7 Å². The molecule has 1 fully saturated rings. The van der Waals surface area contributed by atoms with E-state index in [0.29, 0.717) is 13.1 Å². The van der Waals surface area contributed by atoms with Gasteiger partial charge in [0.25, 0.3) is 5.91 Å². The Balaban J connectivity index is 2.10. The number of hydrogen-bond acceptors (Lipinski definition) is 4. The molecule has 18 heavy (non-hydrogen) atoms. The highest BCUT2D eigenvalue weighted by atomic mass is 16.3. The highest BCUT2D eigenvalue weighted by Crippen LogP contribution is 2.23. The lowest BCUT2D eigenvalue weighted by molar-refractivity contribution is 0.0640. The van der Waals surface area contributed by atoms with Crippen molar-refractivity contribution in [3.8, 4) is 11.5 Å². The molecule has 1 saturated heterocycles. The van der Waals surface area contributed by atoms with Crippen LogP contribution in [0.2, 0.25) is 0 Å². The number of hydrogen-bond donors (Lipinski definition) is 2. The molecule has 1 heterocycles. The Hall–Kier alpha value is -1.75. The number of piperazine rings is 1. The van der Waals surface area contributed by atoms with Gasteiger partial charge in [0.1, 0.15) is 11.5 Å². The zero-order valence-corrected chi connectivity index (χ0v) is 10.5. The molecule has 1 aliphatic rings. The average Bonchev–Trinajstić information content (AvgIpc) is 2.41. The number of likely N-dealkylation sites (N-methyl/N-ethyl adjacent to an activating group) is 1. The maximum absolute atomic E-state index is 12.2. The van der Waals surface area contributed by atoms with Gasteiger partial charge in [0.05, 0.1) is 5.56 Å². The Kier molecular flexibility index (Phi) is 3.72. The minimum atomic E-state index is -0.223. The number of aromatic hydroxyl groups is 2. The van der Waals surface area contributed by atoms with E-state index < -0.39 is 0 Å². The zero-order valence-electron chi connectivity index (χ0n) is 10.5. The van der Waals surface area contributed by atoms with Gasteiger partial charge in [-0.1, -0.05) is 6.92 Å². The Morgan fingerprint density at radius 3 is 2.50 bits per heavy atom. The molecule has 0 radical (unpaired) electrons. The van der Waals surface area contributed by atoms with Crippen molar-refractivity contribution in [1.82, 2.24) is 9.80 Å². The number of carbonyl (C=O) groups is 1. The first kappa shape index (κ1) is 12.7. The molecule has 1 aromatic rings. The fraction of sp³-hybridized carbons (Fsp3) is 0.462. The second-order valence-electron chi connectivity index (χ2n) is 4.43. The summed E-state index contributed by atoms with van der Waals surface area (Å²) in [5, 5.41) is 19.0. The van der Waals surface area contributed by atoms with Crippen LogP contribution in [-0.4, -0.2) is 58.6 Å². The van der Waals surface area contributed by atoms with E-state index in [1.54, 1.807) is 4.90 Å². The van der Waals surface area contributed by atoms with Gasteiger partial charge in [-0.2, -0.15) is 0 Å². The number of carbonyl (C=O) groups excluding carboxylic acids is 1. The fourth-order valence-electron chi connectivity index (χ4n) is 2.13. The van der Waals surface area contributed by atoms with Gasteiger partial charge < -0.3 is 20.0 Å². The average molecular weight is 250 g/mol. The lowest BCUT2D eigenvalue weighted by Gasteiger charge is -2.34. The van der Waals surface area contributed by atoms with E-state index in [1.165, 1.54) is 18.2 Å². The van der Waals surface area contributed by atoms with Gasteiger partial charge in [-0.25, -0.2) is 0 Å². The molecule has 0 atom stereocenters.